The summed E-state index contributed by atoms with van der Waals surface area (Å²) in [5.41, 5.74) is 0. The van der Waals surface area contributed by atoms with Crippen LogP contribution in [0.4, 0.5) is 0 Å². The van der Waals surface area contributed by atoms with Crippen molar-refractivity contribution < 1.29 is 0 Å². The molecule has 0 radical (unpaired) electrons. The van der Waals surface area contributed by atoms with E-state index in [1.807, 2.05) is 0 Å². The third kappa shape index (κ3) is 9.28. The van der Waals surface area contributed by atoms with E-state index < -0.39 is 0 Å². The Bertz CT molecular complexity index is 441. The van der Waals surface area contributed by atoms with Crippen molar-refractivity contribution in [3.8, 4) is 0 Å². The van der Waals surface area contributed by atoms with E-state index in [0.717, 1.165) is 0 Å². The fraction of sp³-hybridized carbons (Fsp3) is 0. The van der Waals surface area contributed by atoms with Crippen molar-refractivity contribution >= 4 is 224 Å². The maximum atomic E-state index is 5.98. The van der Waals surface area contributed by atoms with Crippen LogP contribution in [0.25, 0.3) is 0 Å². The first-order chi connectivity index (χ1) is 14.1. The number of hydrogen-bond donors (Lipinski definition) is 0. The first-order valence-corrected chi connectivity index (χ1v) is 14.0. The quantitative estimate of drug-likeness (QED) is 0.267. The average molecular weight is 387 g/mol. The fourth-order valence-electron chi connectivity index (χ4n) is 7.59. The molecule has 0 N–H and O–H groups in total. The van der Waals surface area contributed by atoms with Gasteiger partial charge in [-0.2, -0.15) is 0 Å². The van der Waals surface area contributed by atoms with Crippen molar-refractivity contribution in [2.75, 3.05) is 0 Å². The number of rotatable bonds is 14. The predicted octanol–water partition coefficient (Wildman–Crippen LogP) is -18.8. The third-order valence-corrected chi connectivity index (χ3v) is 8.97. The summed E-state index contributed by atoms with van der Waals surface area (Å²) in [6.45, 7) is 0. The van der Waals surface area contributed by atoms with E-state index >= 15 is 0 Å². The maximum absolute atomic E-state index is 5.98. The van der Waals surface area contributed by atoms with Crippen LogP contribution in [0.15, 0.2) is 0 Å². The minimum absolute atomic E-state index is 0.492. The van der Waals surface area contributed by atoms with Crippen LogP contribution in [0.5, 0.6) is 0 Å². The second-order valence-electron chi connectivity index (χ2n) is 13.2. The molecule has 0 atom stereocenters. The van der Waals surface area contributed by atoms with Crippen LogP contribution in [0.1, 0.15) is 0 Å². The van der Waals surface area contributed by atoms with Gasteiger partial charge in [0.2, 0.25) is 0 Å². The summed E-state index contributed by atoms with van der Waals surface area (Å²) in [5.74, 6) is 0. The molecule has 0 rings (SSSR count). The van der Waals surface area contributed by atoms with Gasteiger partial charge in [-0.05, 0) is 0 Å². The number of hydrogen-bond acceptors (Lipinski definition) is 1. The molecule has 0 nitrogen and oxygen atoms in total. The van der Waals surface area contributed by atoms with Crippen molar-refractivity contribution in [1.82, 2.24) is 0 Å². The summed E-state index contributed by atoms with van der Waals surface area (Å²) < 4.78 is 0. The summed E-state index contributed by atoms with van der Waals surface area (Å²) in [6, 6.07) is 2.25. The second kappa shape index (κ2) is 15.3. The molecule has 0 aliphatic heterocycles. The summed E-state index contributed by atoms with van der Waals surface area (Å²) in [5, 5.41) is 0. The van der Waals surface area contributed by atoms with Gasteiger partial charge >= 0.3 is 224 Å². The molecule has 0 unspecified atom stereocenters. The SMILES string of the molecule is BB(B)B(B)B(B(B=S)B(B(B(B)B)B(B)B)B(B(B)B)B(B)B)B(B(B)B)B(B)B. The van der Waals surface area contributed by atoms with Crippen LogP contribution >= 0.6 is 12.1 Å². The van der Waals surface area contributed by atoms with Crippen LogP contribution in [0.2, 0.25) is 0 Å². The fourth-order valence-corrected chi connectivity index (χ4v) is 7.95. The van der Waals surface area contributed by atoms with Gasteiger partial charge in [-0.1, -0.05) is 0 Å². The monoisotopic (exact) mass is 392 g/mol. The van der Waals surface area contributed by atoms with Crippen molar-refractivity contribution in [2.45, 2.75) is 0 Å². The van der Waals surface area contributed by atoms with Gasteiger partial charge in [0.05, 0.1) is 0 Å². The summed E-state index contributed by atoms with van der Waals surface area (Å²) in [4.78, 5) is 0. The van der Waals surface area contributed by atoms with E-state index in [9.17, 15) is 0 Å². The zero-order valence-electron chi connectivity index (χ0n) is 24.1. The van der Waals surface area contributed by atoms with Gasteiger partial charge in [-0.25, -0.2) is 0 Å². The van der Waals surface area contributed by atoms with Gasteiger partial charge in [0.15, 0.2) is 0 Å². The summed E-state index contributed by atoms with van der Waals surface area (Å²) in [6.07, 6.45) is 9.27. The molecule has 0 bridgehead atoms. The third-order valence-electron chi connectivity index (χ3n) is 8.66. The van der Waals surface area contributed by atoms with E-state index in [1.54, 1.807) is 0 Å². The molecule has 0 aromatic rings. The zero-order valence-corrected chi connectivity index (χ0v) is 24.9. The Labute approximate surface area is 222 Å². The molecule has 0 saturated heterocycles. The van der Waals surface area contributed by atoms with Gasteiger partial charge in [0, 0.05) is 0 Å². The predicted molar refractivity (Wildman–Crippen MR) is 222 cm³/mol. The Morgan fingerprint density at radius 1 is 0.355 bits per heavy atom. The van der Waals surface area contributed by atoms with E-state index in [1.165, 1.54) is 0 Å². The van der Waals surface area contributed by atoms with Crippen molar-refractivity contribution in [3.63, 3.8) is 0 Å². The molecule has 0 saturated carbocycles. The molecular formula is H30B30S. The van der Waals surface area contributed by atoms with Gasteiger partial charge in [0.1, 0.15) is 0 Å². The molecular weight excluding hydrogens is 356 g/mol. The molecule has 0 amide bonds. The van der Waals surface area contributed by atoms with Crippen LogP contribution in [0.3, 0.4) is 0 Å². The summed E-state index contributed by atoms with van der Waals surface area (Å²) >= 11 is 5.98. The van der Waals surface area contributed by atoms with Crippen LogP contribution in [0, 0.1) is 0 Å². The molecule has 0 aliphatic carbocycles. The molecule has 0 heterocycles. The van der Waals surface area contributed by atoms with Crippen molar-refractivity contribution in [1.29, 1.82) is 0 Å². The Morgan fingerprint density at radius 3 is 0.806 bits per heavy atom. The van der Waals surface area contributed by atoms with Gasteiger partial charge in [0.25, 0.3) is 0 Å². The van der Waals surface area contributed by atoms with Crippen molar-refractivity contribution in [2.24, 2.45) is 0 Å². The standard InChI is InChI=1S/B30H30S/c1-17(2)24(15)29(26(18(3)4)19(5)6)25(16-31)30(27(20(7)8)21(9)10)28(22(11)12)23(13)14/h1-15H2. The van der Waals surface area contributed by atoms with E-state index in [2.05, 4.69) is 122 Å². The topological polar surface area (TPSA) is 0 Å². The Hall–Kier alpha value is 2.17. The van der Waals surface area contributed by atoms with E-state index in [4.69, 9.17) is 12.1 Å². The normalized spacial score (nSPS) is 9.29. The van der Waals surface area contributed by atoms with Gasteiger partial charge < -0.3 is 0 Å². The first kappa shape index (κ1) is 33.2. The van der Waals surface area contributed by atoms with Crippen LogP contribution < -0.4 is 0 Å². The minimum atomic E-state index is 0.492. The molecule has 0 aromatic carbocycles. The molecule has 31 heteroatoms. The van der Waals surface area contributed by atoms with E-state index in [-0.39, 0.29) is 0 Å². The first-order valence-electron chi connectivity index (χ1n) is 13.6. The van der Waals surface area contributed by atoms with Crippen LogP contribution in [-0.4, -0.2) is 211 Å². The second-order valence-corrected chi connectivity index (χ2v) is 13.4. The molecule has 0 aromatic heterocycles. The Balaban J connectivity index is 7.00. The molecule has 126 valence electrons. The zero-order chi connectivity index (χ0) is 24.8. The van der Waals surface area contributed by atoms with Gasteiger partial charge in [-0.15, -0.1) is 0 Å². The molecule has 0 fully saturated rings. The van der Waals surface area contributed by atoms with Crippen LogP contribution in [-0.2, 0) is 0 Å². The van der Waals surface area contributed by atoms with Crippen molar-refractivity contribution in [3.05, 3.63) is 0 Å². The van der Waals surface area contributed by atoms with E-state index in [0.29, 0.717) is 89.4 Å². The average Bonchev–Trinajstić information content (AvgIpc) is 2.58. The summed E-state index contributed by atoms with van der Waals surface area (Å²) in [7, 11) is 36.8. The molecule has 0 aliphatic rings. The molecule has 31 heavy (non-hydrogen) atoms. The van der Waals surface area contributed by atoms with Gasteiger partial charge in [-0.3, -0.25) is 0 Å². The Morgan fingerprint density at radius 2 is 0.613 bits per heavy atom. The Kier molecular flexibility index (Phi) is 16.4. The molecule has 0 spiro atoms.